The molecule has 0 aromatic heterocycles. The van der Waals surface area contributed by atoms with E-state index in [1.54, 1.807) is 6.08 Å². The van der Waals surface area contributed by atoms with Crippen molar-refractivity contribution in [2.75, 3.05) is 13.2 Å². The predicted octanol–water partition coefficient (Wildman–Crippen LogP) is 3.36. The van der Waals surface area contributed by atoms with Crippen molar-refractivity contribution < 1.29 is 9.84 Å². The van der Waals surface area contributed by atoms with Gasteiger partial charge >= 0.3 is 0 Å². The minimum atomic E-state index is 0.0462. The first kappa shape index (κ1) is 12.2. The third kappa shape index (κ3) is 2.54. The second kappa shape index (κ2) is 4.94. The van der Waals surface area contributed by atoms with Gasteiger partial charge in [-0.1, -0.05) is 17.7 Å². The lowest BCUT2D eigenvalue weighted by molar-refractivity contribution is 0.338. The Morgan fingerprint density at radius 3 is 3.00 bits per heavy atom. The van der Waals surface area contributed by atoms with E-state index in [0.717, 1.165) is 28.0 Å². The number of rotatable bonds is 2. The molecule has 0 radical (unpaired) electrons. The van der Waals surface area contributed by atoms with Crippen LogP contribution in [0.2, 0.25) is 5.02 Å². The molecule has 0 bridgehead atoms. The van der Waals surface area contributed by atoms with Crippen molar-refractivity contribution in [3.05, 3.63) is 45.5 Å². The molecule has 0 fully saturated rings. The first-order chi connectivity index (χ1) is 8.11. The van der Waals surface area contributed by atoms with E-state index in [4.69, 9.17) is 21.4 Å². The van der Waals surface area contributed by atoms with Crippen LogP contribution in [0.3, 0.4) is 0 Å². The van der Waals surface area contributed by atoms with Gasteiger partial charge < -0.3 is 9.84 Å². The van der Waals surface area contributed by atoms with Crippen LogP contribution in [-0.2, 0) is 0 Å². The van der Waals surface area contributed by atoms with Crippen molar-refractivity contribution in [3.8, 4) is 5.75 Å². The minimum absolute atomic E-state index is 0.0462. The summed E-state index contributed by atoms with van der Waals surface area (Å²) in [5, 5.41) is 9.60. The molecular formula is C14H15ClO2. The molecule has 90 valence electrons. The lowest BCUT2D eigenvalue weighted by Crippen LogP contribution is -2.09. The zero-order valence-electron chi connectivity index (χ0n) is 9.96. The van der Waals surface area contributed by atoms with Crippen LogP contribution >= 0.6 is 11.6 Å². The Hall–Kier alpha value is -1.25. The lowest BCUT2D eigenvalue weighted by Gasteiger charge is -2.20. The van der Waals surface area contributed by atoms with Crippen LogP contribution < -0.4 is 4.74 Å². The summed E-state index contributed by atoms with van der Waals surface area (Å²) in [7, 11) is 0. The largest absolute Gasteiger partial charge is 0.488 e. The second-order valence-electron chi connectivity index (χ2n) is 4.17. The van der Waals surface area contributed by atoms with Gasteiger partial charge in [0.15, 0.2) is 0 Å². The molecule has 0 saturated carbocycles. The average Bonchev–Trinajstić information content (AvgIpc) is 2.28. The molecule has 1 heterocycles. The molecule has 0 amide bonds. The molecule has 1 aliphatic heterocycles. The van der Waals surface area contributed by atoms with Crippen LogP contribution in [0.15, 0.2) is 29.4 Å². The predicted molar refractivity (Wildman–Crippen MR) is 70.5 cm³/mol. The molecule has 0 unspecified atom stereocenters. The van der Waals surface area contributed by atoms with E-state index in [9.17, 15) is 0 Å². The molecule has 1 N–H and O–H groups in total. The first-order valence-electron chi connectivity index (χ1n) is 5.53. The Kier molecular flexibility index (Phi) is 3.55. The highest BCUT2D eigenvalue weighted by molar-refractivity contribution is 6.30. The summed E-state index contributed by atoms with van der Waals surface area (Å²) in [6.07, 6.45) is 3.84. The number of benzene rings is 1. The van der Waals surface area contributed by atoms with Crippen molar-refractivity contribution in [1.82, 2.24) is 0 Å². The van der Waals surface area contributed by atoms with E-state index in [-0.39, 0.29) is 6.61 Å². The average molecular weight is 251 g/mol. The van der Waals surface area contributed by atoms with E-state index >= 15 is 0 Å². The maximum atomic E-state index is 8.89. The molecule has 1 aromatic rings. The van der Waals surface area contributed by atoms with Gasteiger partial charge in [0.05, 0.1) is 6.61 Å². The Bertz CT molecular complexity index is 501. The molecular weight excluding hydrogens is 236 g/mol. The van der Waals surface area contributed by atoms with Gasteiger partial charge in [-0.05, 0) is 48.8 Å². The molecule has 1 aliphatic rings. The Labute approximate surface area is 106 Å². The number of halogens is 1. The number of hydrogen-bond donors (Lipinski definition) is 1. The van der Waals surface area contributed by atoms with Gasteiger partial charge in [-0.2, -0.15) is 0 Å². The molecule has 0 saturated heterocycles. The lowest BCUT2D eigenvalue weighted by atomic mass is 10.00. The second-order valence-corrected chi connectivity index (χ2v) is 4.61. The molecule has 1 aromatic carbocycles. The van der Waals surface area contributed by atoms with Crippen LogP contribution in [0.4, 0.5) is 0 Å². The molecule has 0 spiro atoms. The standard InChI is InChI=1S/C14H15ClO2/c1-9(3-4-16)12-6-11-7-13(15)5-10(2)14(11)17-8-12/h3,5-7,16H,4,8H2,1-2H3. The molecule has 3 heteroatoms. The molecule has 17 heavy (non-hydrogen) atoms. The summed E-state index contributed by atoms with van der Waals surface area (Å²) in [5.74, 6) is 0.898. The van der Waals surface area contributed by atoms with Gasteiger partial charge in [0, 0.05) is 10.6 Å². The van der Waals surface area contributed by atoms with Gasteiger partial charge in [-0.25, -0.2) is 0 Å². The zero-order valence-corrected chi connectivity index (χ0v) is 10.7. The minimum Gasteiger partial charge on any atom is -0.488 e. The summed E-state index contributed by atoms with van der Waals surface area (Å²) in [6.45, 7) is 4.54. The summed E-state index contributed by atoms with van der Waals surface area (Å²) in [5.41, 5.74) is 4.16. The fourth-order valence-electron chi connectivity index (χ4n) is 1.94. The van der Waals surface area contributed by atoms with Gasteiger partial charge in [0.1, 0.15) is 12.4 Å². The van der Waals surface area contributed by atoms with Crippen molar-refractivity contribution in [2.24, 2.45) is 0 Å². The van der Waals surface area contributed by atoms with Crippen molar-refractivity contribution in [1.29, 1.82) is 0 Å². The number of ether oxygens (including phenoxy) is 1. The summed E-state index contributed by atoms with van der Waals surface area (Å²) < 4.78 is 5.74. The van der Waals surface area contributed by atoms with Gasteiger partial charge in [-0.15, -0.1) is 0 Å². The topological polar surface area (TPSA) is 29.5 Å². The van der Waals surface area contributed by atoms with E-state index in [1.165, 1.54) is 0 Å². The van der Waals surface area contributed by atoms with Crippen LogP contribution in [-0.4, -0.2) is 18.3 Å². The molecule has 0 atom stereocenters. The zero-order chi connectivity index (χ0) is 12.4. The van der Waals surface area contributed by atoms with Crippen molar-refractivity contribution in [3.63, 3.8) is 0 Å². The molecule has 0 aliphatic carbocycles. The van der Waals surface area contributed by atoms with Crippen molar-refractivity contribution in [2.45, 2.75) is 13.8 Å². The Balaban J connectivity index is 2.44. The first-order valence-corrected chi connectivity index (χ1v) is 5.91. The van der Waals surface area contributed by atoms with Crippen LogP contribution in [0.1, 0.15) is 18.1 Å². The fourth-order valence-corrected chi connectivity index (χ4v) is 2.22. The summed E-state index contributed by atoms with van der Waals surface area (Å²) >= 11 is 6.03. The van der Waals surface area contributed by atoms with Gasteiger partial charge in [0.25, 0.3) is 0 Å². The number of hydrogen-bond acceptors (Lipinski definition) is 2. The van der Waals surface area contributed by atoms with Crippen LogP contribution in [0.25, 0.3) is 6.08 Å². The van der Waals surface area contributed by atoms with E-state index in [2.05, 4.69) is 6.08 Å². The summed E-state index contributed by atoms with van der Waals surface area (Å²) in [6, 6.07) is 3.80. The van der Waals surface area contributed by atoms with Gasteiger partial charge in [0.2, 0.25) is 0 Å². The third-order valence-corrected chi connectivity index (χ3v) is 3.09. The van der Waals surface area contributed by atoms with Crippen LogP contribution in [0.5, 0.6) is 5.75 Å². The van der Waals surface area contributed by atoms with E-state index < -0.39 is 0 Å². The highest BCUT2D eigenvalue weighted by Crippen LogP contribution is 2.34. The third-order valence-electron chi connectivity index (χ3n) is 2.87. The molecule has 2 rings (SSSR count). The highest BCUT2D eigenvalue weighted by Gasteiger charge is 2.15. The number of fused-ring (bicyclic) bond motifs is 1. The highest BCUT2D eigenvalue weighted by atomic mass is 35.5. The maximum Gasteiger partial charge on any atom is 0.130 e. The number of aryl methyl sites for hydroxylation is 1. The number of aliphatic hydroxyl groups excluding tert-OH is 1. The Morgan fingerprint density at radius 1 is 1.53 bits per heavy atom. The number of aliphatic hydroxyl groups is 1. The SMILES string of the molecule is CC(=CCO)C1=Cc2cc(Cl)cc(C)c2OC1. The quantitative estimate of drug-likeness (QED) is 0.872. The normalized spacial score (nSPS) is 15.1. The Morgan fingerprint density at radius 2 is 2.29 bits per heavy atom. The van der Waals surface area contributed by atoms with Crippen molar-refractivity contribution >= 4 is 17.7 Å². The van der Waals surface area contributed by atoms with Gasteiger partial charge in [-0.3, -0.25) is 0 Å². The summed E-state index contributed by atoms with van der Waals surface area (Å²) in [4.78, 5) is 0. The van der Waals surface area contributed by atoms with Crippen LogP contribution in [0, 0.1) is 6.92 Å². The van der Waals surface area contributed by atoms with E-state index in [1.807, 2.05) is 26.0 Å². The smallest absolute Gasteiger partial charge is 0.130 e. The maximum absolute atomic E-state index is 8.89. The molecule has 2 nitrogen and oxygen atoms in total. The fraction of sp³-hybridized carbons (Fsp3) is 0.286. The van der Waals surface area contributed by atoms with E-state index in [0.29, 0.717) is 11.6 Å². The monoisotopic (exact) mass is 250 g/mol.